The first-order valence-electron chi connectivity index (χ1n) is 4.60. The van der Waals surface area contributed by atoms with Gasteiger partial charge in [-0.05, 0) is 12.1 Å². The molecule has 7 heteroatoms. The summed E-state index contributed by atoms with van der Waals surface area (Å²) in [7, 11) is 0. The first kappa shape index (κ1) is 14.5. The Morgan fingerprint density at radius 2 is 2.00 bits per heavy atom. The van der Waals surface area contributed by atoms with Crippen LogP contribution in [0.5, 0.6) is 0 Å². The first-order chi connectivity index (χ1) is 7.56. The van der Waals surface area contributed by atoms with Crippen LogP contribution in [0, 0.1) is 5.82 Å². The summed E-state index contributed by atoms with van der Waals surface area (Å²) >= 11 is 5.58. The van der Waals surface area contributed by atoms with Gasteiger partial charge in [-0.2, -0.15) is 0 Å². The van der Waals surface area contributed by atoms with Crippen LogP contribution in [0.1, 0.15) is 19.4 Å². The number of anilines is 1. The van der Waals surface area contributed by atoms with E-state index in [-0.39, 0.29) is 22.1 Å². The van der Waals surface area contributed by atoms with Crippen molar-refractivity contribution < 1.29 is 4.39 Å². The fourth-order valence-electron chi connectivity index (χ4n) is 0.892. The Labute approximate surface area is 98.4 Å². The Balaban J connectivity index is 0.00000106. The lowest BCUT2D eigenvalue weighted by molar-refractivity contribution is 0.624. The summed E-state index contributed by atoms with van der Waals surface area (Å²) in [6.07, 6.45) is 0. The molecule has 0 spiro atoms. The van der Waals surface area contributed by atoms with Crippen LogP contribution in [0.15, 0.2) is 17.2 Å². The predicted octanol–water partition coefficient (Wildman–Crippen LogP) is 1.17. The second-order valence-corrected chi connectivity index (χ2v) is 2.89. The van der Waals surface area contributed by atoms with Gasteiger partial charge in [0.15, 0.2) is 5.84 Å². The van der Waals surface area contributed by atoms with E-state index >= 15 is 0 Å². The van der Waals surface area contributed by atoms with E-state index in [0.29, 0.717) is 0 Å². The lowest BCUT2D eigenvalue weighted by Gasteiger charge is -2.05. The fraction of sp³-hybridized carbons (Fsp3) is 0.222. The van der Waals surface area contributed by atoms with Gasteiger partial charge in [-0.15, -0.1) is 5.10 Å². The standard InChI is InChI=1S/C7H9ClFN5.C2H6/c8-4-2-5(9)3(1-6(4)10)7(11)13-14-12;1-2/h1-2,14H,10,12H2,(H2,11,13);1-2H3. The number of hydrogen-bond donors (Lipinski definition) is 4. The smallest absolute Gasteiger partial charge is 0.155 e. The Hall–Kier alpha value is -1.53. The van der Waals surface area contributed by atoms with Crippen molar-refractivity contribution in [2.45, 2.75) is 13.8 Å². The molecule has 0 aliphatic rings. The molecule has 5 nitrogen and oxygen atoms in total. The summed E-state index contributed by atoms with van der Waals surface area (Å²) in [6.45, 7) is 4.00. The molecule has 0 unspecified atom stereocenters. The van der Waals surface area contributed by atoms with Crippen molar-refractivity contribution in [3.05, 3.63) is 28.5 Å². The molecule has 0 aromatic heterocycles. The van der Waals surface area contributed by atoms with Gasteiger partial charge in [-0.3, -0.25) is 0 Å². The number of nitrogens with one attached hydrogen (secondary N) is 1. The van der Waals surface area contributed by atoms with Crippen molar-refractivity contribution in [2.75, 3.05) is 5.73 Å². The maximum atomic E-state index is 13.2. The van der Waals surface area contributed by atoms with Gasteiger partial charge in [0.2, 0.25) is 0 Å². The third-order valence-electron chi connectivity index (χ3n) is 1.55. The van der Waals surface area contributed by atoms with Crippen LogP contribution in [0.3, 0.4) is 0 Å². The van der Waals surface area contributed by atoms with Crippen molar-refractivity contribution in [1.29, 1.82) is 0 Å². The Morgan fingerprint density at radius 1 is 1.44 bits per heavy atom. The molecule has 90 valence electrons. The normalized spacial score (nSPS) is 10.4. The van der Waals surface area contributed by atoms with Crippen LogP contribution in [-0.4, -0.2) is 5.84 Å². The van der Waals surface area contributed by atoms with E-state index in [1.54, 1.807) is 0 Å². The minimum absolute atomic E-state index is 0.0462. The van der Waals surface area contributed by atoms with E-state index in [1.807, 2.05) is 19.4 Å². The molecule has 0 bridgehead atoms. The molecule has 16 heavy (non-hydrogen) atoms. The lowest BCUT2D eigenvalue weighted by Crippen LogP contribution is -2.24. The molecule has 1 rings (SSSR count). The number of nitrogens with zero attached hydrogens (tertiary/aromatic N) is 1. The summed E-state index contributed by atoms with van der Waals surface area (Å²) in [4.78, 5) is 0. The molecule has 0 saturated heterocycles. The molecule has 0 saturated carbocycles. The molecule has 7 N–H and O–H groups in total. The highest BCUT2D eigenvalue weighted by Crippen LogP contribution is 2.22. The maximum absolute atomic E-state index is 13.2. The summed E-state index contributed by atoms with van der Waals surface area (Å²) in [5, 5.41) is 3.53. The maximum Gasteiger partial charge on any atom is 0.155 e. The second kappa shape index (κ2) is 6.86. The number of hydrogen-bond acceptors (Lipinski definition) is 4. The van der Waals surface area contributed by atoms with Gasteiger partial charge in [-0.1, -0.05) is 25.4 Å². The van der Waals surface area contributed by atoms with E-state index in [1.165, 1.54) is 6.07 Å². The van der Waals surface area contributed by atoms with Gasteiger partial charge >= 0.3 is 0 Å². The summed E-state index contributed by atoms with van der Waals surface area (Å²) in [5.74, 6) is 4.17. The van der Waals surface area contributed by atoms with Crippen molar-refractivity contribution in [3.63, 3.8) is 0 Å². The Kier molecular flexibility index (Phi) is 6.21. The topological polar surface area (TPSA) is 102 Å². The summed E-state index contributed by atoms with van der Waals surface area (Å²) in [6, 6.07) is 2.35. The molecule has 0 fully saturated rings. The Morgan fingerprint density at radius 3 is 2.50 bits per heavy atom. The highest BCUT2D eigenvalue weighted by atomic mass is 35.5. The zero-order valence-electron chi connectivity index (χ0n) is 9.09. The lowest BCUT2D eigenvalue weighted by atomic mass is 10.2. The molecule has 1 aromatic rings. The summed E-state index contributed by atoms with van der Waals surface area (Å²) < 4.78 is 13.2. The molecular formula is C9H15ClFN5. The molecule has 0 aliphatic heterocycles. The third kappa shape index (κ3) is 3.56. The number of nitrogens with two attached hydrogens (primary N) is 3. The van der Waals surface area contributed by atoms with E-state index in [9.17, 15) is 4.39 Å². The van der Waals surface area contributed by atoms with E-state index in [2.05, 4.69) is 5.10 Å². The second-order valence-electron chi connectivity index (χ2n) is 2.48. The zero-order valence-corrected chi connectivity index (χ0v) is 9.85. The van der Waals surface area contributed by atoms with Crippen LogP contribution in [-0.2, 0) is 0 Å². The number of benzene rings is 1. The summed E-state index contributed by atoms with van der Waals surface area (Å²) in [5.41, 5.74) is 13.1. The largest absolute Gasteiger partial charge is 0.398 e. The molecule has 0 heterocycles. The van der Waals surface area contributed by atoms with Crippen LogP contribution in [0.25, 0.3) is 0 Å². The highest BCUT2D eigenvalue weighted by molar-refractivity contribution is 6.33. The molecule has 0 amide bonds. The average molecular weight is 248 g/mol. The number of rotatable bonds is 2. The molecule has 0 radical (unpaired) electrons. The quantitative estimate of drug-likeness (QED) is 0.207. The van der Waals surface area contributed by atoms with Gasteiger partial charge < -0.3 is 11.5 Å². The Bertz CT molecular complexity index is 380. The van der Waals surface area contributed by atoms with E-state index in [4.69, 9.17) is 28.9 Å². The van der Waals surface area contributed by atoms with Crippen molar-refractivity contribution >= 4 is 23.1 Å². The van der Waals surface area contributed by atoms with Gasteiger partial charge in [-0.25, -0.2) is 15.8 Å². The van der Waals surface area contributed by atoms with Crippen LogP contribution >= 0.6 is 11.6 Å². The first-order valence-corrected chi connectivity index (χ1v) is 4.97. The van der Waals surface area contributed by atoms with E-state index in [0.717, 1.165) is 6.07 Å². The number of nitrogen functional groups attached to an aromatic ring is 1. The molecule has 0 atom stereocenters. The van der Waals surface area contributed by atoms with Gasteiger partial charge in [0.05, 0.1) is 16.3 Å². The van der Waals surface area contributed by atoms with Crippen LogP contribution in [0.4, 0.5) is 10.1 Å². The molecule has 0 aliphatic carbocycles. The fourth-order valence-corrected chi connectivity index (χ4v) is 1.04. The predicted molar refractivity (Wildman–Crippen MR) is 65.2 cm³/mol. The SMILES string of the molecule is CC.NN/N=C(\N)c1cc(N)c(Cl)cc1F. The number of amidine groups is 1. The van der Waals surface area contributed by atoms with Crippen LogP contribution in [0.2, 0.25) is 5.02 Å². The molecule has 1 aromatic carbocycles. The van der Waals surface area contributed by atoms with Crippen LogP contribution < -0.4 is 22.8 Å². The average Bonchev–Trinajstić information content (AvgIpc) is 2.26. The number of hydrazine groups is 1. The zero-order chi connectivity index (χ0) is 12.7. The minimum Gasteiger partial charge on any atom is -0.398 e. The van der Waals surface area contributed by atoms with Gasteiger partial charge in [0.25, 0.3) is 0 Å². The van der Waals surface area contributed by atoms with Crippen molar-refractivity contribution in [3.8, 4) is 0 Å². The van der Waals surface area contributed by atoms with Crippen molar-refractivity contribution in [1.82, 2.24) is 5.53 Å². The van der Waals surface area contributed by atoms with Gasteiger partial charge in [0.1, 0.15) is 5.82 Å². The molecular weight excluding hydrogens is 233 g/mol. The number of hydrazone groups is 1. The van der Waals surface area contributed by atoms with Crippen molar-refractivity contribution in [2.24, 2.45) is 16.7 Å². The number of halogens is 2. The minimum atomic E-state index is -0.610. The van der Waals surface area contributed by atoms with E-state index < -0.39 is 5.82 Å². The monoisotopic (exact) mass is 247 g/mol. The third-order valence-corrected chi connectivity index (χ3v) is 1.87. The van der Waals surface area contributed by atoms with Gasteiger partial charge in [0, 0.05) is 0 Å². The highest BCUT2D eigenvalue weighted by Gasteiger charge is 2.09.